The van der Waals surface area contributed by atoms with Crippen molar-refractivity contribution in [2.45, 2.75) is 31.7 Å². The van der Waals surface area contributed by atoms with Crippen molar-refractivity contribution in [3.8, 4) is 5.75 Å². The number of hydrogen-bond donors (Lipinski definition) is 0. The number of methoxy groups -OCH3 is 1. The molecule has 0 heterocycles. The van der Waals surface area contributed by atoms with E-state index in [0.717, 1.165) is 11.1 Å². The Bertz CT molecular complexity index is 899. The Morgan fingerprint density at radius 1 is 1.15 bits per heavy atom. The highest BCUT2D eigenvalue weighted by molar-refractivity contribution is 7.92. The number of ether oxygens (including phenoxy) is 1. The van der Waals surface area contributed by atoms with Crippen molar-refractivity contribution in [1.29, 1.82) is 0 Å². The third kappa shape index (κ3) is 3.99. The van der Waals surface area contributed by atoms with Gasteiger partial charge in [0.05, 0.1) is 23.7 Å². The summed E-state index contributed by atoms with van der Waals surface area (Å²) in [5.41, 5.74) is 2.26. The average molecular weight is 372 g/mol. The molecule has 5 heteroatoms. The first-order valence-electron chi connectivity index (χ1n) is 8.39. The third-order valence-corrected chi connectivity index (χ3v) is 6.03. The van der Waals surface area contributed by atoms with Crippen molar-refractivity contribution in [2.75, 3.05) is 11.4 Å². The fourth-order valence-corrected chi connectivity index (χ4v) is 4.39. The average Bonchev–Trinajstić information content (AvgIpc) is 2.62. The van der Waals surface area contributed by atoms with Crippen LogP contribution in [0.15, 0.2) is 66.1 Å². The lowest BCUT2D eigenvalue weighted by Crippen LogP contribution is -2.38. The van der Waals surface area contributed by atoms with Crippen molar-refractivity contribution < 1.29 is 13.2 Å². The number of benzene rings is 2. The SMILES string of the molecule is C=Cc1ccc(OC)cc1N(C(C)/C=C/C)S(=O)(=O)c1ccc(C)cc1. The molecule has 0 aliphatic rings. The van der Waals surface area contributed by atoms with Gasteiger partial charge in [-0.15, -0.1) is 0 Å². The van der Waals surface area contributed by atoms with Crippen LogP contribution < -0.4 is 9.04 Å². The van der Waals surface area contributed by atoms with E-state index in [-0.39, 0.29) is 10.9 Å². The highest BCUT2D eigenvalue weighted by Gasteiger charge is 2.30. The Balaban J connectivity index is 2.72. The van der Waals surface area contributed by atoms with Crippen molar-refractivity contribution in [3.63, 3.8) is 0 Å². The van der Waals surface area contributed by atoms with E-state index in [9.17, 15) is 8.42 Å². The summed E-state index contributed by atoms with van der Waals surface area (Å²) in [5, 5.41) is 0. The number of sulfonamides is 1. The van der Waals surface area contributed by atoms with E-state index in [1.165, 1.54) is 4.31 Å². The van der Waals surface area contributed by atoms with Crippen LogP contribution in [0.3, 0.4) is 0 Å². The van der Waals surface area contributed by atoms with Gasteiger partial charge < -0.3 is 4.74 Å². The van der Waals surface area contributed by atoms with Crippen molar-refractivity contribution >= 4 is 21.8 Å². The van der Waals surface area contributed by atoms with E-state index in [2.05, 4.69) is 6.58 Å². The van der Waals surface area contributed by atoms with Gasteiger partial charge in [-0.05, 0) is 50.6 Å². The first-order valence-corrected chi connectivity index (χ1v) is 9.83. The number of hydrogen-bond acceptors (Lipinski definition) is 3. The van der Waals surface area contributed by atoms with Gasteiger partial charge in [0.1, 0.15) is 5.75 Å². The maximum Gasteiger partial charge on any atom is 0.264 e. The molecule has 2 aromatic carbocycles. The van der Waals surface area contributed by atoms with E-state index < -0.39 is 10.0 Å². The fraction of sp³-hybridized carbons (Fsp3) is 0.238. The van der Waals surface area contributed by atoms with Gasteiger partial charge in [-0.25, -0.2) is 8.42 Å². The molecular formula is C21H25NO3S. The van der Waals surface area contributed by atoms with Crippen LogP contribution in [0.1, 0.15) is 25.0 Å². The van der Waals surface area contributed by atoms with Crippen LogP contribution in [0.4, 0.5) is 5.69 Å². The zero-order chi connectivity index (χ0) is 19.3. The second-order valence-corrected chi connectivity index (χ2v) is 7.82. The summed E-state index contributed by atoms with van der Waals surface area (Å²) >= 11 is 0. The van der Waals surface area contributed by atoms with E-state index >= 15 is 0 Å². The molecule has 0 N–H and O–H groups in total. The summed E-state index contributed by atoms with van der Waals surface area (Å²) in [6.07, 6.45) is 5.34. The van der Waals surface area contributed by atoms with Crippen LogP contribution in [0.5, 0.6) is 5.75 Å². The molecule has 0 bridgehead atoms. The summed E-state index contributed by atoms with van der Waals surface area (Å²) in [4.78, 5) is 0.247. The highest BCUT2D eigenvalue weighted by Crippen LogP contribution is 2.33. The molecule has 138 valence electrons. The number of allylic oxidation sites excluding steroid dienone is 1. The predicted octanol–water partition coefficient (Wildman–Crippen LogP) is 4.81. The summed E-state index contributed by atoms with van der Waals surface area (Å²) in [5.74, 6) is 0.586. The molecule has 2 aromatic rings. The Morgan fingerprint density at radius 2 is 1.81 bits per heavy atom. The second-order valence-electron chi connectivity index (χ2n) is 6.01. The van der Waals surface area contributed by atoms with Gasteiger partial charge >= 0.3 is 0 Å². The molecular weight excluding hydrogens is 346 g/mol. The van der Waals surface area contributed by atoms with Crippen LogP contribution in [0.25, 0.3) is 6.08 Å². The zero-order valence-corrected chi connectivity index (χ0v) is 16.5. The minimum atomic E-state index is -3.77. The Hall–Kier alpha value is -2.53. The minimum Gasteiger partial charge on any atom is -0.497 e. The van der Waals surface area contributed by atoms with Crippen molar-refractivity contribution in [3.05, 3.63) is 72.3 Å². The predicted molar refractivity (Wildman–Crippen MR) is 108 cm³/mol. The second kappa shape index (κ2) is 8.23. The van der Waals surface area contributed by atoms with Crippen molar-refractivity contribution in [1.82, 2.24) is 0 Å². The van der Waals surface area contributed by atoms with Gasteiger partial charge in [0.2, 0.25) is 0 Å². The van der Waals surface area contributed by atoms with Gasteiger partial charge in [-0.2, -0.15) is 0 Å². The first-order chi connectivity index (χ1) is 12.3. The summed E-state index contributed by atoms with van der Waals surface area (Å²) in [6, 6.07) is 11.8. The molecule has 0 amide bonds. The fourth-order valence-electron chi connectivity index (χ4n) is 2.76. The summed E-state index contributed by atoms with van der Waals surface area (Å²) in [7, 11) is -2.21. The number of rotatable bonds is 7. The summed E-state index contributed by atoms with van der Waals surface area (Å²) in [6.45, 7) is 9.46. The summed E-state index contributed by atoms with van der Waals surface area (Å²) < 4.78 is 33.6. The molecule has 0 fully saturated rings. The molecule has 0 saturated carbocycles. The standard InChI is InChI=1S/C21H25NO3S/c1-6-8-17(4)22(21-15-19(25-5)12-11-18(21)7-2)26(23,24)20-13-9-16(3)10-14-20/h6-15,17H,2H2,1,3-5H3/b8-6+. The molecule has 0 aromatic heterocycles. The smallest absolute Gasteiger partial charge is 0.264 e. The Labute approximate surface area is 156 Å². The lowest BCUT2D eigenvalue weighted by molar-refractivity contribution is 0.415. The number of aryl methyl sites for hydroxylation is 1. The van der Waals surface area contributed by atoms with E-state index in [0.29, 0.717) is 11.4 Å². The van der Waals surface area contributed by atoms with Gasteiger partial charge in [0.25, 0.3) is 10.0 Å². The minimum absolute atomic E-state index is 0.247. The molecule has 2 rings (SSSR count). The molecule has 0 aliphatic heterocycles. The molecule has 4 nitrogen and oxygen atoms in total. The monoisotopic (exact) mass is 371 g/mol. The maximum absolute atomic E-state index is 13.4. The Morgan fingerprint density at radius 3 is 2.35 bits per heavy atom. The lowest BCUT2D eigenvalue weighted by atomic mass is 10.1. The van der Waals surface area contributed by atoms with Gasteiger partial charge in [-0.1, -0.05) is 42.5 Å². The normalized spacial score (nSPS) is 12.8. The Kier molecular flexibility index (Phi) is 6.27. The van der Waals surface area contributed by atoms with Gasteiger partial charge in [0, 0.05) is 6.07 Å². The van der Waals surface area contributed by atoms with Crippen LogP contribution >= 0.6 is 0 Å². The maximum atomic E-state index is 13.4. The molecule has 26 heavy (non-hydrogen) atoms. The highest BCUT2D eigenvalue weighted by atomic mass is 32.2. The van der Waals surface area contributed by atoms with Crippen molar-refractivity contribution in [2.24, 2.45) is 0 Å². The molecule has 1 unspecified atom stereocenters. The molecule has 0 spiro atoms. The zero-order valence-electron chi connectivity index (χ0n) is 15.6. The molecule has 0 saturated heterocycles. The quantitative estimate of drug-likeness (QED) is 0.656. The largest absolute Gasteiger partial charge is 0.497 e. The lowest BCUT2D eigenvalue weighted by Gasteiger charge is -2.30. The van der Waals surface area contributed by atoms with Crippen LogP contribution in [-0.2, 0) is 10.0 Å². The number of anilines is 1. The van der Waals surface area contributed by atoms with E-state index in [1.807, 2.05) is 32.9 Å². The van der Waals surface area contributed by atoms with E-state index in [1.54, 1.807) is 55.7 Å². The van der Waals surface area contributed by atoms with Crippen LogP contribution in [0.2, 0.25) is 0 Å². The third-order valence-electron chi connectivity index (χ3n) is 4.11. The van der Waals surface area contributed by atoms with E-state index in [4.69, 9.17) is 4.74 Å². The topological polar surface area (TPSA) is 46.6 Å². The van der Waals surface area contributed by atoms with Gasteiger partial charge in [-0.3, -0.25) is 4.31 Å². The molecule has 0 aliphatic carbocycles. The van der Waals surface area contributed by atoms with Gasteiger partial charge in [0.15, 0.2) is 0 Å². The number of nitrogens with zero attached hydrogens (tertiary/aromatic N) is 1. The first kappa shape index (κ1) is 19.8. The van der Waals surface area contributed by atoms with Crippen LogP contribution in [-0.4, -0.2) is 21.6 Å². The van der Waals surface area contributed by atoms with Crippen LogP contribution in [0, 0.1) is 6.92 Å². The molecule has 1 atom stereocenters. The molecule has 0 radical (unpaired) electrons.